The summed E-state index contributed by atoms with van der Waals surface area (Å²) in [5.41, 5.74) is 1.24. The van der Waals surface area contributed by atoms with Crippen molar-refractivity contribution >= 4 is 28.9 Å². The van der Waals surface area contributed by atoms with Gasteiger partial charge >= 0.3 is 0 Å². The summed E-state index contributed by atoms with van der Waals surface area (Å²) >= 11 is 6.28. The predicted molar refractivity (Wildman–Crippen MR) is 103 cm³/mol. The first-order valence-electron chi connectivity index (χ1n) is 8.95. The normalized spacial score (nSPS) is 17.7. The Balaban J connectivity index is 1.44. The first-order valence-corrected chi connectivity index (χ1v) is 9.32. The molecule has 2 fully saturated rings. The number of ether oxygens (including phenoxy) is 1. The second kappa shape index (κ2) is 7.94. The van der Waals surface area contributed by atoms with E-state index < -0.39 is 0 Å². The molecule has 0 N–H and O–H groups in total. The van der Waals surface area contributed by atoms with Crippen molar-refractivity contribution in [3.63, 3.8) is 0 Å². The number of rotatable bonds is 3. The fourth-order valence-electron chi connectivity index (χ4n) is 3.38. The zero-order valence-electron chi connectivity index (χ0n) is 14.9. The lowest BCUT2D eigenvalue weighted by Gasteiger charge is -2.37. The molecular formula is C18H20ClN7O. The number of halogens is 1. The number of nitriles is 1. The lowest BCUT2D eigenvalue weighted by molar-refractivity contribution is 0.122. The number of morpholine rings is 1. The van der Waals surface area contributed by atoms with Gasteiger partial charge in [0.1, 0.15) is 29.7 Å². The van der Waals surface area contributed by atoms with Crippen LogP contribution in [0.5, 0.6) is 0 Å². The minimum atomic E-state index is 0.378. The molecule has 0 aliphatic carbocycles. The monoisotopic (exact) mass is 385 g/mol. The summed E-state index contributed by atoms with van der Waals surface area (Å²) in [5.74, 6) is 1.88. The van der Waals surface area contributed by atoms with E-state index in [9.17, 15) is 0 Å². The molecular weight excluding hydrogens is 366 g/mol. The van der Waals surface area contributed by atoms with E-state index in [2.05, 4.69) is 35.7 Å². The highest BCUT2D eigenvalue weighted by molar-refractivity contribution is 6.33. The van der Waals surface area contributed by atoms with E-state index in [1.54, 1.807) is 18.6 Å². The van der Waals surface area contributed by atoms with Gasteiger partial charge in [0.25, 0.3) is 0 Å². The highest BCUT2D eigenvalue weighted by atomic mass is 35.5. The van der Waals surface area contributed by atoms with Gasteiger partial charge in [-0.25, -0.2) is 15.0 Å². The molecule has 8 nitrogen and oxygen atoms in total. The van der Waals surface area contributed by atoms with Gasteiger partial charge in [0, 0.05) is 51.5 Å². The molecule has 140 valence electrons. The lowest BCUT2D eigenvalue weighted by Crippen LogP contribution is -2.47. The number of pyridine rings is 1. The fourth-order valence-corrected chi connectivity index (χ4v) is 3.61. The molecule has 2 aromatic heterocycles. The van der Waals surface area contributed by atoms with Crippen LogP contribution in [0.15, 0.2) is 24.7 Å². The van der Waals surface area contributed by atoms with Gasteiger partial charge in [-0.15, -0.1) is 0 Å². The van der Waals surface area contributed by atoms with E-state index in [0.717, 1.165) is 69.8 Å². The van der Waals surface area contributed by atoms with Gasteiger partial charge in [-0.1, -0.05) is 11.6 Å². The molecule has 9 heteroatoms. The van der Waals surface area contributed by atoms with Crippen LogP contribution in [0.4, 0.5) is 17.3 Å². The van der Waals surface area contributed by atoms with Crippen molar-refractivity contribution in [1.82, 2.24) is 15.0 Å². The van der Waals surface area contributed by atoms with Gasteiger partial charge in [0.2, 0.25) is 0 Å². The van der Waals surface area contributed by atoms with Crippen molar-refractivity contribution in [3.8, 4) is 6.07 Å². The van der Waals surface area contributed by atoms with Crippen LogP contribution in [-0.2, 0) is 4.74 Å². The number of piperazine rings is 1. The Hall–Kier alpha value is -2.63. The number of anilines is 3. The summed E-state index contributed by atoms with van der Waals surface area (Å²) in [6.07, 6.45) is 3.17. The van der Waals surface area contributed by atoms with Crippen LogP contribution in [-0.4, -0.2) is 67.4 Å². The van der Waals surface area contributed by atoms with Crippen molar-refractivity contribution in [1.29, 1.82) is 5.26 Å². The summed E-state index contributed by atoms with van der Waals surface area (Å²) in [6.45, 7) is 6.40. The lowest BCUT2D eigenvalue weighted by atomic mass is 10.2. The van der Waals surface area contributed by atoms with Crippen molar-refractivity contribution in [2.24, 2.45) is 0 Å². The second-order valence-corrected chi connectivity index (χ2v) is 6.85. The summed E-state index contributed by atoms with van der Waals surface area (Å²) in [4.78, 5) is 19.6. The van der Waals surface area contributed by atoms with Gasteiger partial charge in [-0.05, 0) is 6.07 Å². The van der Waals surface area contributed by atoms with Crippen molar-refractivity contribution in [2.45, 2.75) is 0 Å². The molecule has 4 rings (SSSR count). The Morgan fingerprint density at radius 2 is 1.52 bits per heavy atom. The molecule has 0 aromatic carbocycles. The Morgan fingerprint density at radius 3 is 2.19 bits per heavy atom. The predicted octanol–water partition coefficient (Wildman–Crippen LogP) is 1.56. The molecule has 2 saturated heterocycles. The highest BCUT2D eigenvalue weighted by Gasteiger charge is 2.22. The Labute approximate surface area is 163 Å². The van der Waals surface area contributed by atoms with Gasteiger partial charge in [0.05, 0.1) is 23.9 Å². The zero-order chi connectivity index (χ0) is 18.6. The molecule has 27 heavy (non-hydrogen) atoms. The van der Waals surface area contributed by atoms with Gasteiger partial charge in [-0.2, -0.15) is 5.26 Å². The molecule has 0 amide bonds. The Bertz CT molecular complexity index is 842. The molecule has 0 spiro atoms. The van der Waals surface area contributed by atoms with Crippen molar-refractivity contribution in [3.05, 3.63) is 35.4 Å². The first-order chi connectivity index (χ1) is 13.2. The third kappa shape index (κ3) is 3.89. The van der Waals surface area contributed by atoms with E-state index in [1.807, 2.05) is 6.07 Å². The molecule has 0 saturated carbocycles. The number of nitrogens with zero attached hydrogens (tertiary/aromatic N) is 7. The third-order valence-electron chi connectivity index (χ3n) is 4.87. The largest absolute Gasteiger partial charge is 0.378 e. The highest BCUT2D eigenvalue weighted by Crippen LogP contribution is 2.27. The zero-order valence-corrected chi connectivity index (χ0v) is 15.6. The standard InChI is InChI=1S/C18H20ClN7O/c19-15-12-21-14(11-20)9-16(15)24-1-3-25(4-2-24)17-10-18(23-13-22-17)26-5-7-27-8-6-26/h9-10,12-13H,1-8H2. The topological polar surface area (TPSA) is 81.4 Å². The van der Waals surface area contributed by atoms with Gasteiger partial charge in [-0.3, -0.25) is 0 Å². The third-order valence-corrected chi connectivity index (χ3v) is 5.16. The summed E-state index contributed by atoms with van der Waals surface area (Å²) in [6, 6.07) is 5.87. The van der Waals surface area contributed by atoms with Gasteiger partial charge < -0.3 is 19.4 Å². The van der Waals surface area contributed by atoms with Crippen LogP contribution in [0.3, 0.4) is 0 Å². The Morgan fingerprint density at radius 1 is 0.889 bits per heavy atom. The van der Waals surface area contributed by atoms with Crippen LogP contribution >= 0.6 is 11.6 Å². The number of hydrogen-bond donors (Lipinski definition) is 0. The molecule has 2 aliphatic rings. The van der Waals surface area contributed by atoms with E-state index in [4.69, 9.17) is 21.6 Å². The maximum Gasteiger partial charge on any atom is 0.142 e. The molecule has 0 bridgehead atoms. The van der Waals surface area contributed by atoms with E-state index in [0.29, 0.717) is 10.7 Å². The maximum absolute atomic E-state index is 9.07. The van der Waals surface area contributed by atoms with Crippen LogP contribution in [0.2, 0.25) is 5.02 Å². The summed E-state index contributed by atoms with van der Waals surface area (Å²) in [5, 5.41) is 9.64. The summed E-state index contributed by atoms with van der Waals surface area (Å²) < 4.78 is 5.41. The number of aromatic nitrogens is 3. The minimum Gasteiger partial charge on any atom is -0.378 e. The average molecular weight is 386 g/mol. The van der Waals surface area contributed by atoms with Crippen LogP contribution in [0.1, 0.15) is 5.69 Å². The van der Waals surface area contributed by atoms with Crippen LogP contribution in [0.25, 0.3) is 0 Å². The minimum absolute atomic E-state index is 0.378. The van der Waals surface area contributed by atoms with Gasteiger partial charge in [0.15, 0.2) is 0 Å². The first kappa shape index (κ1) is 17.8. The molecule has 0 radical (unpaired) electrons. The van der Waals surface area contributed by atoms with Crippen molar-refractivity contribution < 1.29 is 4.74 Å². The Kier molecular flexibility index (Phi) is 5.23. The average Bonchev–Trinajstić information content (AvgIpc) is 2.75. The fraction of sp³-hybridized carbons (Fsp3) is 0.444. The smallest absolute Gasteiger partial charge is 0.142 e. The van der Waals surface area contributed by atoms with E-state index in [-0.39, 0.29) is 0 Å². The molecule has 2 aromatic rings. The SMILES string of the molecule is N#Cc1cc(N2CCN(c3cc(N4CCOCC4)ncn3)CC2)c(Cl)cn1. The maximum atomic E-state index is 9.07. The van der Waals surface area contributed by atoms with Crippen molar-refractivity contribution in [2.75, 3.05) is 67.2 Å². The molecule has 0 unspecified atom stereocenters. The van der Waals surface area contributed by atoms with E-state index in [1.165, 1.54) is 0 Å². The number of hydrogen-bond acceptors (Lipinski definition) is 8. The van der Waals surface area contributed by atoms with Crippen LogP contribution < -0.4 is 14.7 Å². The summed E-state index contributed by atoms with van der Waals surface area (Å²) in [7, 11) is 0. The molecule has 0 atom stereocenters. The molecule has 4 heterocycles. The van der Waals surface area contributed by atoms with Crippen LogP contribution in [0, 0.1) is 11.3 Å². The van der Waals surface area contributed by atoms with E-state index >= 15 is 0 Å². The quantitative estimate of drug-likeness (QED) is 0.787. The molecule has 2 aliphatic heterocycles. The second-order valence-electron chi connectivity index (χ2n) is 6.44.